The monoisotopic (exact) mass is 877 g/mol. The molecule has 1 amide bonds. The molecule has 0 aromatic heterocycles. The van der Waals surface area contributed by atoms with Gasteiger partial charge >= 0.3 is 11.9 Å². The van der Waals surface area contributed by atoms with E-state index < -0.39 is 23.9 Å². The minimum absolute atomic E-state index is 0.0371. The van der Waals surface area contributed by atoms with E-state index in [1.807, 2.05) is 45.2 Å². The summed E-state index contributed by atoms with van der Waals surface area (Å²) in [5, 5.41) is 30.4. The molecule has 2 rings (SSSR count). The van der Waals surface area contributed by atoms with Crippen LogP contribution >= 0.6 is 90.4 Å². The number of phenols is 1. The molecule has 166 valence electrons. The van der Waals surface area contributed by atoms with Gasteiger partial charge in [0.25, 0.3) is 0 Å². The average Bonchev–Trinajstić information content (AvgIpc) is 2.66. The molecule has 0 unspecified atom stereocenters. The highest BCUT2D eigenvalue weighted by molar-refractivity contribution is 14.1. The Balaban J connectivity index is 2.19. The molecule has 0 saturated carbocycles. The van der Waals surface area contributed by atoms with Crippen molar-refractivity contribution in [2.75, 3.05) is 0 Å². The Kier molecular flexibility index (Phi) is 10.3. The maximum absolute atomic E-state index is 11.8. The van der Waals surface area contributed by atoms with Gasteiger partial charge in [-0.15, -0.1) is 0 Å². The Morgan fingerprint density at radius 3 is 1.94 bits per heavy atom. The quantitative estimate of drug-likeness (QED) is 0.272. The molecule has 0 aliphatic carbocycles. The molecule has 0 heterocycles. The molecule has 0 bridgehead atoms. The maximum Gasteiger partial charge on any atom is 0.326 e. The lowest BCUT2D eigenvalue weighted by Crippen LogP contribution is -2.42. The number of aromatic hydroxyl groups is 1. The van der Waals surface area contributed by atoms with Crippen molar-refractivity contribution in [1.82, 2.24) is 5.32 Å². The predicted octanol–water partition coefficient (Wildman–Crippen LogP) is 4.58. The van der Waals surface area contributed by atoms with Gasteiger partial charge in [-0.3, -0.25) is 9.59 Å². The van der Waals surface area contributed by atoms with E-state index in [1.165, 1.54) is 0 Å². The van der Waals surface area contributed by atoms with Crippen LogP contribution in [0.15, 0.2) is 24.3 Å². The molecular formula is C19H15I4NO7. The fourth-order valence-electron chi connectivity index (χ4n) is 2.47. The number of halogens is 4. The second-order valence-corrected chi connectivity index (χ2v) is 10.9. The summed E-state index contributed by atoms with van der Waals surface area (Å²) in [6, 6.07) is 5.79. The van der Waals surface area contributed by atoms with Crippen LogP contribution in [0.3, 0.4) is 0 Å². The van der Waals surface area contributed by atoms with E-state index in [0.717, 1.165) is 7.14 Å². The Morgan fingerprint density at radius 2 is 1.45 bits per heavy atom. The van der Waals surface area contributed by atoms with Crippen LogP contribution in [0.2, 0.25) is 0 Å². The van der Waals surface area contributed by atoms with E-state index in [1.54, 1.807) is 24.3 Å². The Morgan fingerprint density at radius 1 is 0.903 bits per heavy atom. The zero-order chi connectivity index (χ0) is 23.3. The number of hydrogen-bond donors (Lipinski definition) is 4. The van der Waals surface area contributed by atoms with E-state index in [2.05, 4.69) is 50.5 Å². The lowest BCUT2D eigenvalue weighted by atomic mass is 10.1. The standard InChI is InChI=1S/C19H15I4NO7/c20-10-6-9(7-11(21)17(10)28)31-18-12(22)3-8(4-13(18)23)5-14(19(29)30)24-15(25)1-2-16(26)27/h3-4,6-7,14,28H,1-2,5H2,(H,24,25)(H,26,27)(H,29,30)/t14-/m0/s1. The predicted molar refractivity (Wildman–Crippen MR) is 146 cm³/mol. The lowest BCUT2D eigenvalue weighted by Gasteiger charge is -2.17. The van der Waals surface area contributed by atoms with Crippen LogP contribution in [0, 0.1) is 14.3 Å². The van der Waals surface area contributed by atoms with Gasteiger partial charge in [-0.25, -0.2) is 4.79 Å². The highest BCUT2D eigenvalue weighted by Crippen LogP contribution is 2.37. The number of rotatable bonds is 9. The Hall–Kier alpha value is -0.630. The van der Waals surface area contributed by atoms with Gasteiger partial charge in [0, 0.05) is 12.8 Å². The minimum atomic E-state index is -1.21. The molecule has 0 fully saturated rings. The normalized spacial score (nSPS) is 11.6. The number of carboxylic acids is 2. The number of nitrogens with one attached hydrogen (secondary N) is 1. The summed E-state index contributed by atoms with van der Waals surface area (Å²) in [6.07, 6.45) is -0.615. The number of carbonyl (C=O) groups excluding carboxylic acids is 1. The Bertz CT molecular complexity index is 982. The van der Waals surface area contributed by atoms with Gasteiger partial charge in [-0.1, -0.05) is 0 Å². The lowest BCUT2D eigenvalue weighted by molar-refractivity contribution is -0.142. The van der Waals surface area contributed by atoms with Crippen molar-refractivity contribution in [3.63, 3.8) is 0 Å². The molecule has 2 aromatic carbocycles. The number of carboxylic acid groups (broad SMARTS) is 2. The SMILES string of the molecule is O=C(O)CCC(=O)N[C@@H](Cc1cc(I)c(Oc2cc(I)c(O)c(I)c2)c(I)c1)C(=O)O. The summed E-state index contributed by atoms with van der Waals surface area (Å²) in [5.74, 6) is -1.61. The van der Waals surface area contributed by atoms with Gasteiger partial charge in [0.2, 0.25) is 5.91 Å². The first-order chi connectivity index (χ1) is 14.5. The molecule has 12 heteroatoms. The number of phenolic OH excluding ortho intramolecular Hbond substituents is 1. The van der Waals surface area contributed by atoms with Crippen LogP contribution in [0.5, 0.6) is 17.2 Å². The first-order valence-corrected chi connectivity index (χ1v) is 12.9. The van der Waals surface area contributed by atoms with Crippen molar-refractivity contribution in [3.8, 4) is 17.2 Å². The zero-order valence-corrected chi connectivity index (χ0v) is 24.1. The number of ether oxygens (including phenoxy) is 1. The van der Waals surface area contributed by atoms with Crippen molar-refractivity contribution in [3.05, 3.63) is 44.1 Å². The van der Waals surface area contributed by atoms with Crippen LogP contribution in [-0.4, -0.2) is 39.2 Å². The number of aliphatic carboxylic acids is 2. The van der Waals surface area contributed by atoms with Crippen molar-refractivity contribution in [2.24, 2.45) is 0 Å². The third-order valence-electron chi connectivity index (χ3n) is 3.91. The second-order valence-electron chi connectivity index (χ2n) is 6.28. The molecule has 4 N–H and O–H groups in total. The average molecular weight is 877 g/mol. The molecule has 0 saturated heterocycles. The molecule has 0 radical (unpaired) electrons. The summed E-state index contributed by atoms with van der Waals surface area (Å²) in [5.41, 5.74) is 0.682. The first-order valence-electron chi connectivity index (χ1n) is 8.55. The van der Waals surface area contributed by atoms with Crippen LogP contribution in [0.25, 0.3) is 0 Å². The molecule has 0 aliphatic heterocycles. The van der Waals surface area contributed by atoms with Gasteiger partial charge in [0.1, 0.15) is 17.5 Å². The van der Waals surface area contributed by atoms with Gasteiger partial charge in [0.05, 0.1) is 20.7 Å². The van der Waals surface area contributed by atoms with E-state index in [9.17, 15) is 24.6 Å². The molecule has 0 aliphatic rings. The molecular weight excluding hydrogens is 862 g/mol. The van der Waals surface area contributed by atoms with Crippen molar-refractivity contribution >= 4 is 108 Å². The number of amides is 1. The summed E-state index contributed by atoms with van der Waals surface area (Å²) in [4.78, 5) is 34.0. The highest BCUT2D eigenvalue weighted by Gasteiger charge is 2.22. The van der Waals surface area contributed by atoms with Gasteiger partial charge in [-0.05, 0) is 120 Å². The first kappa shape index (κ1) is 26.6. The van der Waals surface area contributed by atoms with Crippen LogP contribution in [0.4, 0.5) is 0 Å². The summed E-state index contributed by atoms with van der Waals surface area (Å²) in [7, 11) is 0. The smallest absolute Gasteiger partial charge is 0.326 e. The van der Waals surface area contributed by atoms with Crippen molar-refractivity contribution < 1.29 is 34.4 Å². The molecule has 2 aromatic rings. The van der Waals surface area contributed by atoms with Gasteiger partial charge in [-0.2, -0.15) is 0 Å². The topological polar surface area (TPSA) is 133 Å². The minimum Gasteiger partial charge on any atom is -0.506 e. The van der Waals surface area contributed by atoms with E-state index in [4.69, 9.17) is 9.84 Å². The molecule has 8 nitrogen and oxygen atoms in total. The molecule has 0 spiro atoms. The number of hydrogen-bond acceptors (Lipinski definition) is 5. The maximum atomic E-state index is 11.8. The van der Waals surface area contributed by atoms with Crippen LogP contribution < -0.4 is 10.1 Å². The van der Waals surface area contributed by atoms with Crippen LogP contribution in [0.1, 0.15) is 18.4 Å². The third-order valence-corrected chi connectivity index (χ3v) is 7.15. The fourth-order valence-corrected chi connectivity index (χ4v) is 6.30. The summed E-state index contributed by atoms with van der Waals surface area (Å²) in [6.45, 7) is 0. The molecule has 31 heavy (non-hydrogen) atoms. The Labute approximate surface area is 232 Å². The van der Waals surface area contributed by atoms with E-state index in [-0.39, 0.29) is 25.0 Å². The fraction of sp³-hybridized carbons (Fsp3) is 0.211. The van der Waals surface area contributed by atoms with Crippen LogP contribution in [-0.2, 0) is 20.8 Å². The summed E-state index contributed by atoms with van der Waals surface area (Å²) >= 11 is 8.21. The number of benzene rings is 2. The van der Waals surface area contributed by atoms with E-state index in [0.29, 0.717) is 24.2 Å². The van der Waals surface area contributed by atoms with Gasteiger partial charge < -0.3 is 25.4 Å². The zero-order valence-electron chi connectivity index (χ0n) is 15.5. The third kappa shape index (κ3) is 8.02. The summed E-state index contributed by atoms with van der Waals surface area (Å²) < 4.78 is 8.82. The second kappa shape index (κ2) is 12.0. The number of carbonyl (C=O) groups is 3. The van der Waals surface area contributed by atoms with Crippen molar-refractivity contribution in [1.29, 1.82) is 0 Å². The molecule has 1 atom stereocenters. The largest absolute Gasteiger partial charge is 0.506 e. The van der Waals surface area contributed by atoms with Crippen molar-refractivity contribution in [2.45, 2.75) is 25.3 Å². The van der Waals surface area contributed by atoms with Gasteiger partial charge in [0.15, 0.2) is 5.75 Å². The van der Waals surface area contributed by atoms with E-state index >= 15 is 0 Å². The highest BCUT2D eigenvalue weighted by atomic mass is 127.